The van der Waals surface area contributed by atoms with Gasteiger partial charge in [-0.25, -0.2) is 19.7 Å². The van der Waals surface area contributed by atoms with Gasteiger partial charge in [-0.3, -0.25) is 0 Å². The van der Waals surface area contributed by atoms with Gasteiger partial charge in [-0.05, 0) is 37.5 Å². The first-order valence-corrected chi connectivity index (χ1v) is 11.3. The molecule has 0 aliphatic heterocycles. The van der Waals surface area contributed by atoms with E-state index in [1.54, 1.807) is 6.33 Å². The number of rotatable bonds is 8. The molecule has 0 atom stereocenters. The molecule has 36 heavy (non-hydrogen) atoms. The number of ether oxygens (including phenoxy) is 1. The number of unbranched alkanes of at least 4 members (excludes halogenated alkanes) is 1. The first-order valence-electron chi connectivity index (χ1n) is 11.3. The van der Waals surface area contributed by atoms with E-state index in [-0.39, 0.29) is 13.2 Å². The van der Waals surface area contributed by atoms with Crippen molar-refractivity contribution in [3.8, 4) is 11.4 Å². The number of alkyl halides is 3. The average Bonchev–Trinajstić information content (AvgIpc) is 3.26. The van der Waals surface area contributed by atoms with Gasteiger partial charge in [0.2, 0.25) is 0 Å². The van der Waals surface area contributed by atoms with Gasteiger partial charge in [-0.2, -0.15) is 13.2 Å². The number of nitrogen functional groups attached to an aromatic ring is 1. The molecule has 0 bridgehead atoms. The highest BCUT2D eigenvalue weighted by Gasteiger charge is 2.30. The van der Waals surface area contributed by atoms with E-state index in [0.717, 1.165) is 23.3 Å². The fourth-order valence-electron chi connectivity index (χ4n) is 3.59. The first kappa shape index (κ1) is 25.0. The van der Waals surface area contributed by atoms with Crippen LogP contribution in [-0.4, -0.2) is 32.2 Å². The number of imidazole rings is 1. The summed E-state index contributed by atoms with van der Waals surface area (Å²) in [7, 11) is 0. The fourth-order valence-corrected chi connectivity index (χ4v) is 3.59. The number of hydrogen-bond acceptors (Lipinski definition) is 6. The summed E-state index contributed by atoms with van der Waals surface area (Å²) in [4.78, 5) is 25.2. The Morgan fingerprint density at radius 2 is 1.89 bits per heavy atom. The Balaban J connectivity index is 1.26. The zero-order valence-corrected chi connectivity index (χ0v) is 19.5. The van der Waals surface area contributed by atoms with E-state index >= 15 is 0 Å². The SMILES string of the molecule is Cc1ccc(-c2nc(N)c3ncn(CCCCOC(=O)NCc4cccc(C(F)(F)F)c4)c3n2)cc1. The molecule has 2 heterocycles. The molecule has 188 valence electrons. The third kappa shape index (κ3) is 6.09. The van der Waals surface area contributed by atoms with Crippen LogP contribution in [-0.2, 0) is 24.0 Å². The molecule has 3 N–H and O–H groups in total. The van der Waals surface area contributed by atoms with Crippen LogP contribution in [0.3, 0.4) is 0 Å². The molecule has 8 nitrogen and oxygen atoms in total. The highest BCUT2D eigenvalue weighted by molar-refractivity contribution is 5.83. The van der Waals surface area contributed by atoms with Crippen LogP contribution in [0.25, 0.3) is 22.6 Å². The van der Waals surface area contributed by atoms with E-state index in [9.17, 15) is 18.0 Å². The monoisotopic (exact) mass is 498 g/mol. The quantitative estimate of drug-likeness (QED) is 0.327. The number of fused-ring (bicyclic) bond motifs is 1. The molecule has 0 aliphatic carbocycles. The van der Waals surface area contributed by atoms with Crippen molar-refractivity contribution in [2.45, 2.75) is 39.0 Å². The Hall–Kier alpha value is -4.15. The molecular formula is C25H25F3N6O2. The van der Waals surface area contributed by atoms with Crippen LogP contribution in [0.2, 0.25) is 0 Å². The lowest BCUT2D eigenvalue weighted by atomic mass is 10.1. The lowest BCUT2D eigenvalue weighted by Crippen LogP contribution is -2.24. The summed E-state index contributed by atoms with van der Waals surface area (Å²) < 4.78 is 45.4. The summed E-state index contributed by atoms with van der Waals surface area (Å²) in [6.07, 6.45) is -2.23. The number of carbonyl (C=O) groups is 1. The van der Waals surface area contributed by atoms with Crippen molar-refractivity contribution in [1.82, 2.24) is 24.8 Å². The van der Waals surface area contributed by atoms with Gasteiger partial charge in [0, 0.05) is 18.7 Å². The number of aryl methyl sites for hydroxylation is 2. The van der Waals surface area contributed by atoms with Crippen molar-refractivity contribution in [3.63, 3.8) is 0 Å². The number of carbonyl (C=O) groups excluding carboxylic acids is 1. The van der Waals surface area contributed by atoms with Gasteiger partial charge < -0.3 is 20.4 Å². The highest BCUT2D eigenvalue weighted by Crippen LogP contribution is 2.29. The summed E-state index contributed by atoms with van der Waals surface area (Å²) in [5.74, 6) is 0.817. The second kappa shape index (κ2) is 10.6. The average molecular weight is 499 g/mol. The van der Waals surface area contributed by atoms with E-state index in [4.69, 9.17) is 10.5 Å². The number of benzene rings is 2. The third-order valence-electron chi connectivity index (χ3n) is 5.52. The summed E-state index contributed by atoms with van der Waals surface area (Å²) in [6.45, 7) is 2.68. The van der Waals surface area contributed by atoms with Gasteiger partial charge in [-0.15, -0.1) is 0 Å². The zero-order chi connectivity index (χ0) is 25.7. The van der Waals surface area contributed by atoms with E-state index in [1.807, 2.05) is 35.8 Å². The smallest absolute Gasteiger partial charge is 0.416 e. The molecular weight excluding hydrogens is 473 g/mol. The number of amides is 1. The molecule has 0 aliphatic rings. The lowest BCUT2D eigenvalue weighted by molar-refractivity contribution is -0.137. The Kier molecular flexibility index (Phi) is 7.37. The largest absolute Gasteiger partial charge is 0.450 e. The maximum atomic E-state index is 12.8. The summed E-state index contributed by atoms with van der Waals surface area (Å²) >= 11 is 0. The van der Waals surface area contributed by atoms with Crippen molar-refractivity contribution in [3.05, 3.63) is 71.5 Å². The molecule has 4 rings (SSSR count). The highest BCUT2D eigenvalue weighted by atomic mass is 19.4. The molecule has 4 aromatic rings. The first-order chi connectivity index (χ1) is 17.2. The van der Waals surface area contributed by atoms with Crippen molar-refractivity contribution in [2.24, 2.45) is 0 Å². The van der Waals surface area contributed by atoms with E-state index in [0.29, 0.717) is 47.8 Å². The van der Waals surface area contributed by atoms with Crippen LogP contribution < -0.4 is 11.1 Å². The number of alkyl carbamates (subject to hydrolysis) is 1. The van der Waals surface area contributed by atoms with Crippen molar-refractivity contribution in [2.75, 3.05) is 12.3 Å². The topological polar surface area (TPSA) is 108 Å². The molecule has 0 saturated heterocycles. The number of nitrogens with one attached hydrogen (secondary N) is 1. The standard InChI is InChI=1S/C25H25F3N6O2/c1-16-7-9-18(10-8-16)22-32-21(29)20-23(33-22)34(15-31-20)11-2-3-12-36-24(35)30-14-17-5-4-6-19(13-17)25(26,27)28/h4-10,13,15H,2-3,11-12,14H2,1H3,(H,30,35)(H2,29,32,33). The van der Waals surface area contributed by atoms with Crippen LogP contribution in [0.15, 0.2) is 54.9 Å². The third-order valence-corrected chi connectivity index (χ3v) is 5.52. The second-order valence-corrected chi connectivity index (χ2v) is 8.30. The van der Waals surface area contributed by atoms with Gasteiger partial charge >= 0.3 is 12.3 Å². The number of anilines is 1. The molecule has 0 unspecified atom stereocenters. The predicted molar refractivity (Wildman–Crippen MR) is 129 cm³/mol. The molecule has 0 spiro atoms. The van der Waals surface area contributed by atoms with E-state index in [2.05, 4.69) is 20.3 Å². The van der Waals surface area contributed by atoms with Gasteiger partial charge in [0.15, 0.2) is 17.3 Å². The van der Waals surface area contributed by atoms with Crippen molar-refractivity contribution < 1.29 is 22.7 Å². The van der Waals surface area contributed by atoms with Gasteiger partial charge in [0.1, 0.15) is 5.52 Å². The van der Waals surface area contributed by atoms with Gasteiger partial charge in [0.05, 0.1) is 18.5 Å². The predicted octanol–water partition coefficient (Wildman–Crippen LogP) is 5.11. The van der Waals surface area contributed by atoms with Crippen LogP contribution in [0.1, 0.15) is 29.5 Å². The number of halogens is 3. The Labute approximate surface area is 205 Å². The number of hydrogen-bond donors (Lipinski definition) is 2. The van der Waals surface area contributed by atoms with Crippen molar-refractivity contribution >= 4 is 23.1 Å². The summed E-state index contributed by atoms with van der Waals surface area (Å²) in [5.41, 5.74) is 8.80. The molecule has 1 amide bonds. The molecule has 11 heteroatoms. The number of aromatic nitrogens is 4. The normalized spacial score (nSPS) is 11.6. The van der Waals surface area contributed by atoms with Gasteiger partial charge in [0.25, 0.3) is 0 Å². The minimum absolute atomic E-state index is 0.0613. The van der Waals surface area contributed by atoms with Gasteiger partial charge in [-0.1, -0.05) is 42.0 Å². The Morgan fingerprint density at radius 1 is 1.11 bits per heavy atom. The second-order valence-electron chi connectivity index (χ2n) is 8.30. The van der Waals surface area contributed by atoms with Crippen LogP contribution in [0, 0.1) is 6.92 Å². The van der Waals surface area contributed by atoms with Crippen LogP contribution in [0.5, 0.6) is 0 Å². The molecule has 0 radical (unpaired) electrons. The number of nitrogens with zero attached hydrogens (tertiary/aromatic N) is 4. The molecule has 2 aromatic heterocycles. The maximum Gasteiger partial charge on any atom is 0.416 e. The molecule has 2 aromatic carbocycles. The Morgan fingerprint density at radius 3 is 2.64 bits per heavy atom. The summed E-state index contributed by atoms with van der Waals surface area (Å²) in [5, 5.41) is 2.46. The molecule has 0 saturated carbocycles. The van der Waals surface area contributed by atoms with Crippen LogP contribution >= 0.6 is 0 Å². The van der Waals surface area contributed by atoms with Crippen molar-refractivity contribution in [1.29, 1.82) is 0 Å². The fraction of sp³-hybridized carbons (Fsp3) is 0.280. The Bertz CT molecular complexity index is 1350. The number of nitrogens with two attached hydrogens (primary N) is 1. The molecule has 0 fully saturated rings. The summed E-state index contributed by atoms with van der Waals surface area (Å²) in [6, 6.07) is 12.6. The zero-order valence-electron chi connectivity index (χ0n) is 19.5. The lowest BCUT2D eigenvalue weighted by Gasteiger charge is -2.10. The van der Waals surface area contributed by atoms with Crippen LogP contribution in [0.4, 0.5) is 23.8 Å². The van der Waals surface area contributed by atoms with E-state index < -0.39 is 17.8 Å². The minimum Gasteiger partial charge on any atom is -0.450 e. The maximum absolute atomic E-state index is 12.8. The minimum atomic E-state index is -4.43. The van der Waals surface area contributed by atoms with E-state index in [1.165, 1.54) is 12.1 Å².